The lowest BCUT2D eigenvalue weighted by molar-refractivity contribution is -0.138. The number of ether oxygens (including phenoxy) is 1. The third-order valence-corrected chi connectivity index (χ3v) is 6.49. The molecule has 0 bridgehead atoms. The van der Waals surface area contributed by atoms with E-state index in [2.05, 4.69) is 9.51 Å². The molecule has 1 aliphatic heterocycles. The molecule has 16 heteroatoms. The minimum atomic E-state index is -4.72. The standard InChI is InChI=1S/C14H21N3O11P2/c1-8-5-17(14(21)15-12(8)18)11-4-3-9(28-11)6-27-30(24,25)16-10(13(19)20)7-29(22,23)26-2/h3-5,9-11H,6-7H2,1-2H3,(H,19,20)(H,22,23)(H,15,18,21)(H2,16,24,25)/t9-,10-,11+/m0/s1. The summed E-state index contributed by atoms with van der Waals surface area (Å²) in [6.07, 6.45) is 1.45. The summed E-state index contributed by atoms with van der Waals surface area (Å²) in [5.74, 6) is -1.66. The number of aryl methyl sites for hydroxylation is 1. The largest absolute Gasteiger partial charge is 0.480 e. The zero-order chi connectivity index (χ0) is 22.7. The highest BCUT2D eigenvalue weighted by Crippen LogP contribution is 2.44. The molecule has 0 spiro atoms. The topological polar surface area (TPSA) is 206 Å². The van der Waals surface area contributed by atoms with Gasteiger partial charge in [-0.2, -0.15) is 0 Å². The molecule has 168 valence electrons. The molecule has 30 heavy (non-hydrogen) atoms. The highest BCUT2D eigenvalue weighted by atomic mass is 31.2. The molecule has 1 aromatic heterocycles. The predicted molar refractivity (Wildman–Crippen MR) is 101 cm³/mol. The first-order chi connectivity index (χ1) is 13.8. The van der Waals surface area contributed by atoms with Gasteiger partial charge in [-0.25, -0.2) is 14.4 Å². The number of hydrogen-bond donors (Lipinski definition) is 5. The molecule has 5 atom stereocenters. The molecule has 14 nitrogen and oxygen atoms in total. The number of H-pyrrole nitrogens is 1. The van der Waals surface area contributed by atoms with E-state index in [1.807, 2.05) is 0 Å². The Kier molecular flexibility index (Phi) is 7.72. The molecule has 2 rings (SSSR count). The highest BCUT2D eigenvalue weighted by molar-refractivity contribution is 7.53. The Morgan fingerprint density at radius 1 is 1.37 bits per heavy atom. The van der Waals surface area contributed by atoms with Crippen molar-refractivity contribution in [2.75, 3.05) is 19.9 Å². The fraction of sp³-hybridized carbons (Fsp3) is 0.500. The van der Waals surface area contributed by atoms with Crippen molar-refractivity contribution >= 4 is 21.3 Å². The van der Waals surface area contributed by atoms with Crippen molar-refractivity contribution in [3.8, 4) is 0 Å². The van der Waals surface area contributed by atoms with Crippen molar-refractivity contribution in [1.29, 1.82) is 0 Å². The second kappa shape index (κ2) is 9.50. The second-order valence-electron chi connectivity index (χ2n) is 6.27. The van der Waals surface area contributed by atoms with Crippen molar-refractivity contribution < 1.29 is 42.6 Å². The second-order valence-corrected chi connectivity index (χ2v) is 9.83. The van der Waals surface area contributed by atoms with Crippen LogP contribution in [-0.2, 0) is 27.7 Å². The molecule has 0 radical (unpaired) electrons. The fourth-order valence-corrected chi connectivity index (χ4v) is 4.43. The van der Waals surface area contributed by atoms with Gasteiger partial charge in [0.15, 0.2) is 6.23 Å². The normalized spacial score (nSPS) is 23.6. The van der Waals surface area contributed by atoms with Crippen molar-refractivity contribution in [1.82, 2.24) is 14.6 Å². The van der Waals surface area contributed by atoms with Gasteiger partial charge in [0.25, 0.3) is 5.56 Å². The molecule has 0 amide bonds. The number of carboxylic acid groups (broad SMARTS) is 1. The lowest BCUT2D eigenvalue weighted by atomic mass is 10.3. The monoisotopic (exact) mass is 469 g/mol. The third kappa shape index (κ3) is 6.56. The first-order valence-electron chi connectivity index (χ1n) is 8.35. The van der Waals surface area contributed by atoms with Gasteiger partial charge in [0.1, 0.15) is 12.1 Å². The molecule has 2 unspecified atom stereocenters. The smallest absolute Gasteiger partial charge is 0.403 e. The van der Waals surface area contributed by atoms with Crippen LogP contribution in [0.4, 0.5) is 0 Å². The molecule has 0 aliphatic carbocycles. The van der Waals surface area contributed by atoms with Crippen LogP contribution in [0.2, 0.25) is 0 Å². The number of nitrogens with zero attached hydrogens (tertiary/aromatic N) is 1. The van der Waals surface area contributed by atoms with Gasteiger partial charge >= 0.3 is 27.0 Å². The van der Waals surface area contributed by atoms with Gasteiger partial charge in [-0.15, -0.1) is 0 Å². The van der Waals surface area contributed by atoms with Gasteiger partial charge < -0.3 is 24.2 Å². The van der Waals surface area contributed by atoms with E-state index in [0.29, 0.717) is 0 Å². The summed E-state index contributed by atoms with van der Waals surface area (Å²) < 4.78 is 39.3. The van der Waals surface area contributed by atoms with E-state index in [0.717, 1.165) is 11.7 Å². The Balaban J connectivity index is 1.98. The van der Waals surface area contributed by atoms with Crippen LogP contribution in [0.1, 0.15) is 11.8 Å². The third-order valence-electron chi connectivity index (χ3n) is 3.95. The van der Waals surface area contributed by atoms with Gasteiger partial charge in [0.2, 0.25) is 0 Å². The molecule has 0 saturated heterocycles. The van der Waals surface area contributed by atoms with E-state index < -0.39 is 63.7 Å². The van der Waals surface area contributed by atoms with Crippen LogP contribution in [0.15, 0.2) is 27.9 Å². The average Bonchev–Trinajstić information content (AvgIpc) is 3.11. The van der Waals surface area contributed by atoms with Gasteiger partial charge in [-0.05, 0) is 13.0 Å². The van der Waals surface area contributed by atoms with Crippen LogP contribution in [0.3, 0.4) is 0 Å². The maximum absolute atomic E-state index is 12.1. The summed E-state index contributed by atoms with van der Waals surface area (Å²) in [5, 5.41) is 10.8. The number of rotatable bonds is 10. The van der Waals surface area contributed by atoms with E-state index in [1.54, 1.807) is 5.09 Å². The minimum absolute atomic E-state index is 0.271. The number of nitrogens with one attached hydrogen (secondary N) is 2. The zero-order valence-electron chi connectivity index (χ0n) is 15.8. The van der Waals surface area contributed by atoms with Crippen molar-refractivity contribution in [3.63, 3.8) is 0 Å². The van der Waals surface area contributed by atoms with Crippen LogP contribution < -0.4 is 16.3 Å². The van der Waals surface area contributed by atoms with E-state index in [1.165, 1.54) is 25.3 Å². The predicted octanol–water partition coefficient (Wildman–Crippen LogP) is -0.710. The summed E-state index contributed by atoms with van der Waals surface area (Å²) >= 11 is 0. The molecule has 2 heterocycles. The summed E-state index contributed by atoms with van der Waals surface area (Å²) in [6.45, 7) is 0.994. The van der Waals surface area contributed by atoms with Gasteiger partial charge in [0, 0.05) is 18.9 Å². The summed E-state index contributed by atoms with van der Waals surface area (Å²) in [4.78, 5) is 55.8. The van der Waals surface area contributed by atoms with Crippen LogP contribution in [0.5, 0.6) is 0 Å². The van der Waals surface area contributed by atoms with Crippen LogP contribution in [-0.4, -0.2) is 62.4 Å². The molecule has 5 N–H and O–H groups in total. The minimum Gasteiger partial charge on any atom is -0.480 e. The molecular weight excluding hydrogens is 448 g/mol. The maximum atomic E-state index is 12.1. The maximum Gasteiger partial charge on any atom is 0.403 e. The van der Waals surface area contributed by atoms with E-state index in [9.17, 15) is 33.3 Å². The van der Waals surface area contributed by atoms with E-state index >= 15 is 0 Å². The number of carboxylic acids is 1. The summed E-state index contributed by atoms with van der Waals surface area (Å²) in [6, 6.07) is -1.90. The van der Waals surface area contributed by atoms with E-state index in [4.69, 9.17) is 14.4 Å². The molecular formula is C14H21N3O11P2. The number of hydrogen-bond acceptors (Lipinski definition) is 8. The van der Waals surface area contributed by atoms with Gasteiger partial charge in [-0.1, -0.05) is 6.08 Å². The quantitative estimate of drug-likeness (QED) is 0.213. The number of carbonyl (C=O) groups is 1. The molecule has 0 saturated carbocycles. The Labute approximate surface area is 169 Å². The van der Waals surface area contributed by atoms with Crippen molar-refractivity contribution in [3.05, 3.63) is 44.8 Å². The SMILES string of the molecule is COP(=O)(O)C[C@H](NP(=O)(O)OC[C@@H]1C=C[C@H](n2cc(C)c(=O)[nH]c2=O)O1)C(=O)O. The van der Waals surface area contributed by atoms with Crippen LogP contribution in [0.25, 0.3) is 0 Å². The molecule has 0 fully saturated rings. The lowest BCUT2D eigenvalue weighted by Gasteiger charge is -2.21. The Bertz CT molecular complexity index is 1030. The number of aliphatic carboxylic acids is 1. The van der Waals surface area contributed by atoms with E-state index in [-0.39, 0.29) is 5.56 Å². The molecule has 0 aromatic carbocycles. The molecule has 1 aliphatic rings. The van der Waals surface area contributed by atoms with Gasteiger partial charge in [0.05, 0.1) is 12.8 Å². The van der Waals surface area contributed by atoms with Crippen molar-refractivity contribution in [2.45, 2.75) is 25.3 Å². The number of aromatic amines is 1. The first kappa shape index (κ1) is 24.4. The van der Waals surface area contributed by atoms with Crippen LogP contribution in [0, 0.1) is 6.92 Å². The fourth-order valence-electron chi connectivity index (χ4n) is 2.41. The summed E-state index contributed by atoms with van der Waals surface area (Å²) in [7, 11) is -8.11. The molecule has 1 aromatic rings. The van der Waals surface area contributed by atoms with Crippen LogP contribution >= 0.6 is 15.3 Å². The first-order valence-corrected chi connectivity index (χ1v) is 11.7. The highest BCUT2D eigenvalue weighted by Gasteiger charge is 2.35. The van der Waals surface area contributed by atoms with Gasteiger partial charge in [-0.3, -0.25) is 28.2 Å². The summed E-state index contributed by atoms with van der Waals surface area (Å²) in [5.41, 5.74) is -0.987. The Morgan fingerprint density at radius 3 is 2.63 bits per heavy atom. The lowest BCUT2D eigenvalue weighted by Crippen LogP contribution is -2.38. The zero-order valence-corrected chi connectivity index (χ0v) is 17.6. The van der Waals surface area contributed by atoms with Crippen molar-refractivity contribution in [2.24, 2.45) is 0 Å². The number of aromatic nitrogens is 2. The average molecular weight is 469 g/mol. The Hall–Kier alpha value is -1.89. The Morgan fingerprint density at radius 2 is 2.03 bits per heavy atom.